The number of benzene rings is 1. The van der Waals surface area contributed by atoms with Crippen LogP contribution in [0.1, 0.15) is 5.56 Å². The van der Waals surface area contributed by atoms with Crippen LogP contribution in [0, 0.1) is 6.92 Å². The molecule has 0 bridgehead atoms. The quantitative estimate of drug-likeness (QED) is 0.760. The Morgan fingerprint density at radius 1 is 1.23 bits per heavy atom. The molecule has 1 aromatic heterocycles. The molecule has 66 valence electrons. The minimum Gasteiger partial charge on any atom is -0.349 e. The highest BCUT2D eigenvalue weighted by atomic mass is 79.9. The lowest BCUT2D eigenvalue weighted by molar-refractivity contribution is 0.402. The third kappa shape index (κ3) is 1.80. The second-order valence-electron chi connectivity index (χ2n) is 2.88. The minimum atomic E-state index is 0.656. The summed E-state index contributed by atoms with van der Waals surface area (Å²) in [4.78, 5) is 0. The van der Waals surface area contributed by atoms with Gasteiger partial charge in [-0.15, -0.1) is 0 Å². The molecule has 2 rings (SSSR count). The Morgan fingerprint density at radius 2 is 1.92 bits per heavy atom. The van der Waals surface area contributed by atoms with Crippen LogP contribution in [0.25, 0.3) is 11.3 Å². The Hall–Kier alpha value is -1.09. The van der Waals surface area contributed by atoms with E-state index in [0.29, 0.717) is 4.67 Å². The Kier molecular flexibility index (Phi) is 2.19. The lowest BCUT2D eigenvalue weighted by atomic mass is 10.1. The Morgan fingerprint density at radius 3 is 2.46 bits per heavy atom. The van der Waals surface area contributed by atoms with Gasteiger partial charge < -0.3 is 4.52 Å². The van der Waals surface area contributed by atoms with Gasteiger partial charge in [-0.3, -0.25) is 0 Å². The van der Waals surface area contributed by atoms with E-state index in [9.17, 15) is 0 Å². The largest absolute Gasteiger partial charge is 0.349 e. The highest BCUT2D eigenvalue weighted by Gasteiger charge is 2.02. The van der Waals surface area contributed by atoms with Crippen molar-refractivity contribution in [3.63, 3.8) is 0 Å². The second kappa shape index (κ2) is 3.34. The summed E-state index contributed by atoms with van der Waals surface area (Å²) in [5.41, 5.74) is 3.17. The molecule has 1 heterocycles. The summed E-state index contributed by atoms with van der Waals surface area (Å²) in [5.74, 6) is 0. The van der Waals surface area contributed by atoms with Gasteiger partial charge in [0.25, 0.3) is 0 Å². The van der Waals surface area contributed by atoms with Crippen LogP contribution in [0.2, 0.25) is 0 Å². The Bertz CT molecular complexity index is 405. The standard InChI is InChI=1S/C10H8BrNO/c1-7-2-4-8(5-3-7)9-6-10(11)13-12-9/h2-6H,1H3. The summed E-state index contributed by atoms with van der Waals surface area (Å²) in [6.07, 6.45) is 0. The summed E-state index contributed by atoms with van der Waals surface area (Å²) in [6, 6.07) is 10.0. The Labute approximate surface area is 84.7 Å². The smallest absolute Gasteiger partial charge is 0.202 e. The molecular formula is C10H8BrNO. The molecule has 0 fully saturated rings. The van der Waals surface area contributed by atoms with Crippen molar-refractivity contribution in [2.45, 2.75) is 6.92 Å². The Balaban J connectivity index is 2.41. The highest BCUT2D eigenvalue weighted by molar-refractivity contribution is 9.10. The molecule has 0 atom stereocenters. The normalized spacial score (nSPS) is 10.3. The molecule has 0 saturated heterocycles. The van der Waals surface area contributed by atoms with Crippen LogP contribution in [0.4, 0.5) is 0 Å². The van der Waals surface area contributed by atoms with Crippen molar-refractivity contribution in [1.82, 2.24) is 5.16 Å². The van der Waals surface area contributed by atoms with E-state index in [-0.39, 0.29) is 0 Å². The van der Waals surface area contributed by atoms with Gasteiger partial charge in [-0.2, -0.15) is 0 Å². The molecule has 0 spiro atoms. The van der Waals surface area contributed by atoms with Crippen LogP contribution in [-0.4, -0.2) is 5.16 Å². The van der Waals surface area contributed by atoms with E-state index < -0.39 is 0 Å². The predicted octanol–water partition coefficient (Wildman–Crippen LogP) is 3.41. The van der Waals surface area contributed by atoms with Crippen LogP contribution in [-0.2, 0) is 0 Å². The van der Waals surface area contributed by atoms with Crippen LogP contribution in [0.3, 0.4) is 0 Å². The maximum Gasteiger partial charge on any atom is 0.202 e. The first-order valence-corrected chi connectivity index (χ1v) is 4.74. The van der Waals surface area contributed by atoms with Gasteiger partial charge in [0.1, 0.15) is 5.69 Å². The minimum absolute atomic E-state index is 0.656. The van der Waals surface area contributed by atoms with Gasteiger partial charge >= 0.3 is 0 Å². The third-order valence-electron chi connectivity index (χ3n) is 1.83. The average Bonchev–Trinajstić information content (AvgIpc) is 2.53. The van der Waals surface area contributed by atoms with Crippen LogP contribution < -0.4 is 0 Å². The van der Waals surface area contributed by atoms with E-state index in [1.165, 1.54) is 5.56 Å². The van der Waals surface area contributed by atoms with Crippen LogP contribution >= 0.6 is 15.9 Å². The molecule has 0 saturated carbocycles. The van der Waals surface area contributed by atoms with Gasteiger partial charge in [-0.25, -0.2) is 0 Å². The van der Waals surface area contributed by atoms with E-state index >= 15 is 0 Å². The fourth-order valence-electron chi connectivity index (χ4n) is 1.11. The molecule has 0 aliphatic rings. The maximum atomic E-state index is 4.92. The average molecular weight is 238 g/mol. The number of halogens is 1. The first-order valence-electron chi connectivity index (χ1n) is 3.95. The summed E-state index contributed by atoms with van der Waals surface area (Å²) in [7, 11) is 0. The fraction of sp³-hybridized carbons (Fsp3) is 0.100. The van der Waals surface area contributed by atoms with Crippen LogP contribution in [0.15, 0.2) is 39.5 Å². The molecule has 0 N–H and O–H groups in total. The first kappa shape index (κ1) is 8.51. The summed E-state index contributed by atoms with van der Waals surface area (Å²) >= 11 is 3.21. The molecule has 0 unspecified atom stereocenters. The molecule has 13 heavy (non-hydrogen) atoms. The summed E-state index contributed by atoms with van der Waals surface area (Å²) < 4.78 is 5.57. The SMILES string of the molecule is Cc1ccc(-c2cc(Br)on2)cc1. The summed E-state index contributed by atoms with van der Waals surface area (Å²) in [6.45, 7) is 2.06. The molecule has 0 amide bonds. The molecule has 3 heteroatoms. The molecule has 1 aromatic carbocycles. The second-order valence-corrected chi connectivity index (χ2v) is 3.66. The van der Waals surface area contributed by atoms with Crippen LogP contribution in [0.5, 0.6) is 0 Å². The molecule has 0 aliphatic heterocycles. The van der Waals surface area contributed by atoms with Crippen molar-refractivity contribution in [2.24, 2.45) is 0 Å². The van der Waals surface area contributed by atoms with E-state index in [1.54, 1.807) is 0 Å². The van der Waals surface area contributed by atoms with E-state index in [1.807, 2.05) is 18.2 Å². The van der Waals surface area contributed by atoms with Gasteiger partial charge in [0.15, 0.2) is 0 Å². The lowest BCUT2D eigenvalue weighted by Gasteiger charge is -1.94. The number of rotatable bonds is 1. The number of hydrogen-bond acceptors (Lipinski definition) is 2. The fourth-order valence-corrected chi connectivity index (χ4v) is 1.40. The lowest BCUT2D eigenvalue weighted by Crippen LogP contribution is -1.76. The number of hydrogen-bond donors (Lipinski definition) is 0. The first-order chi connectivity index (χ1) is 6.25. The molecule has 0 radical (unpaired) electrons. The van der Waals surface area contributed by atoms with Crippen molar-refractivity contribution in [1.29, 1.82) is 0 Å². The molecular weight excluding hydrogens is 230 g/mol. The van der Waals surface area contributed by atoms with Gasteiger partial charge in [0.05, 0.1) is 0 Å². The molecule has 2 nitrogen and oxygen atoms in total. The molecule has 0 aliphatic carbocycles. The van der Waals surface area contributed by atoms with Gasteiger partial charge in [0, 0.05) is 11.6 Å². The van der Waals surface area contributed by atoms with Crippen molar-refractivity contribution in [2.75, 3.05) is 0 Å². The van der Waals surface area contributed by atoms with E-state index in [4.69, 9.17) is 4.52 Å². The van der Waals surface area contributed by atoms with E-state index in [0.717, 1.165) is 11.3 Å². The number of aryl methyl sites for hydroxylation is 1. The molecule has 2 aromatic rings. The van der Waals surface area contributed by atoms with Crippen molar-refractivity contribution < 1.29 is 4.52 Å². The topological polar surface area (TPSA) is 26.0 Å². The van der Waals surface area contributed by atoms with Gasteiger partial charge in [0.2, 0.25) is 4.67 Å². The summed E-state index contributed by atoms with van der Waals surface area (Å²) in [5, 5.41) is 3.89. The van der Waals surface area contributed by atoms with Gasteiger partial charge in [-0.1, -0.05) is 35.0 Å². The third-order valence-corrected chi connectivity index (χ3v) is 2.20. The zero-order valence-electron chi connectivity index (χ0n) is 7.12. The van der Waals surface area contributed by atoms with E-state index in [2.05, 4.69) is 40.1 Å². The van der Waals surface area contributed by atoms with Gasteiger partial charge in [-0.05, 0) is 22.9 Å². The van der Waals surface area contributed by atoms with Crippen molar-refractivity contribution in [3.8, 4) is 11.3 Å². The number of nitrogens with zero attached hydrogens (tertiary/aromatic N) is 1. The zero-order valence-corrected chi connectivity index (χ0v) is 8.71. The number of aromatic nitrogens is 1. The monoisotopic (exact) mass is 237 g/mol. The zero-order chi connectivity index (χ0) is 9.26. The van der Waals surface area contributed by atoms with Crippen molar-refractivity contribution >= 4 is 15.9 Å². The highest BCUT2D eigenvalue weighted by Crippen LogP contribution is 2.21. The maximum absolute atomic E-state index is 4.92. The van der Waals surface area contributed by atoms with Crippen molar-refractivity contribution in [3.05, 3.63) is 40.6 Å². The predicted molar refractivity (Wildman–Crippen MR) is 54.4 cm³/mol.